The minimum atomic E-state index is -0.109. The lowest BCUT2D eigenvalue weighted by Gasteiger charge is -2.65. The molecule has 1 spiro atoms. The van der Waals surface area contributed by atoms with Gasteiger partial charge in [0.25, 0.3) is 0 Å². The summed E-state index contributed by atoms with van der Waals surface area (Å²) in [6, 6.07) is 0. The molecular formula is C20H32O2. The number of epoxide rings is 1. The standard InChI is InChI=1S/C20H32O2/c1-17(2)12-6-10-20-11-18(3,15-16(20)22-15)8-5-13(20)19(12,4)9-7-14(17)21/h12-16,21H,5-11H2,1-4H3. The molecule has 5 fully saturated rings. The minimum absolute atomic E-state index is 0.0811. The fourth-order valence-corrected chi connectivity index (χ4v) is 8.35. The first-order valence-electron chi connectivity index (χ1n) is 9.58. The van der Waals surface area contributed by atoms with Gasteiger partial charge in [-0.3, -0.25) is 0 Å². The average Bonchev–Trinajstić information content (AvgIpc) is 3.21. The lowest BCUT2D eigenvalue weighted by atomic mass is 9.40. The quantitative estimate of drug-likeness (QED) is 0.682. The third kappa shape index (κ3) is 1.38. The van der Waals surface area contributed by atoms with Crippen LogP contribution in [0.3, 0.4) is 0 Å². The van der Waals surface area contributed by atoms with E-state index in [2.05, 4.69) is 27.7 Å². The highest BCUT2D eigenvalue weighted by molar-refractivity contribution is 5.25. The van der Waals surface area contributed by atoms with E-state index >= 15 is 0 Å². The molecule has 0 aromatic heterocycles. The summed E-state index contributed by atoms with van der Waals surface area (Å²) in [6.07, 6.45) is 10.1. The second-order valence-corrected chi connectivity index (χ2v) is 10.6. The molecule has 8 unspecified atom stereocenters. The molecule has 8 atom stereocenters. The molecule has 2 heteroatoms. The fourth-order valence-electron chi connectivity index (χ4n) is 8.35. The van der Waals surface area contributed by atoms with E-state index in [1.54, 1.807) is 0 Å². The Hall–Kier alpha value is -0.0800. The first kappa shape index (κ1) is 14.3. The van der Waals surface area contributed by atoms with Crippen molar-refractivity contribution in [3.63, 3.8) is 0 Å². The summed E-state index contributed by atoms with van der Waals surface area (Å²) in [5.74, 6) is 1.51. The van der Waals surface area contributed by atoms with Crippen molar-refractivity contribution in [1.82, 2.24) is 0 Å². The zero-order valence-electron chi connectivity index (χ0n) is 14.7. The molecule has 4 aliphatic carbocycles. The molecule has 2 nitrogen and oxygen atoms in total. The summed E-state index contributed by atoms with van der Waals surface area (Å²) in [4.78, 5) is 0. The van der Waals surface area contributed by atoms with Crippen LogP contribution >= 0.6 is 0 Å². The van der Waals surface area contributed by atoms with Crippen LogP contribution in [-0.2, 0) is 4.74 Å². The van der Waals surface area contributed by atoms with Crippen LogP contribution in [0.2, 0.25) is 0 Å². The van der Waals surface area contributed by atoms with Gasteiger partial charge in [0.1, 0.15) is 0 Å². The summed E-state index contributed by atoms with van der Waals surface area (Å²) in [5, 5.41) is 10.6. The number of fused-ring (bicyclic) bond motifs is 5. The normalized spacial score (nSPS) is 64.5. The Labute approximate surface area is 135 Å². The Morgan fingerprint density at radius 3 is 2.36 bits per heavy atom. The van der Waals surface area contributed by atoms with E-state index in [0.29, 0.717) is 34.4 Å². The number of aliphatic hydroxyl groups is 1. The first-order chi connectivity index (χ1) is 10.2. The van der Waals surface area contributed by atoms with Crippen molar-refractivity contribution in [3.05, 3.63) is 0 Å². The molecule has 0 radical (unpaired) electrons. The van der Waals surface area contributed by atoms with Gasteiger partial charge in [-0.2, -0.15) is 0 Å². The predicted molar refractivity (Wildman–Crippen MR) is 86.4 cm³/mol. The Morgan fingerprint density at radius 1 is 0.864 bits per heavy atom. The van der Waals surface area contributed by atoms with Crippen LogP contribution in [0.1, 0.15) is 72.6 Å². The van der Waals surface area contributed by atoms with Crippen molar-refractivity contribution >= 4 is 0 Å². The average molecular weight is 304 g/mol. The number of aliphatic hydroxyl groups excluding tert-OH is 1. The van der Waals surface area contributed by atoms with Gasteiger partial charge in [-0.25, -0.2) is 0 Å². The van der Waals surface area contributed by atoms with Crippen LogP contribution in [0.4, 0.5) is 0 Å². The molecule has 0 aromatic carbocycles. The van der Waals surface area contributed by atoms with Gasteiger partial charge in [-0.15, -0.1) is 0 Å². The molecule has 4 saturated carbocycles. The second kappa shape index (κ2) is 3.77. The molecule has 124 valence electrons. The molecule has 1 aliphatic heterocycles. The SMILES string of the molecule is CC12CCC3C4(C)CCC(O)C(C)(C)C4CCC3(C1)C1OC12. The molecular weight excluding hydrogens is 272 g/mol. The zero-order valence-corrected chi connectivity index (χ0v) is 14.7. The van der Waals surface area contributed by atoms with Gasteiger partial charge in [-0.1, -0.05) is 27.7 Å². The third-order valence-corrected chi connectivity index (χ3v) is 9.38. The van der Waals surface area contributed by atoms with E-state index < -0.39 is 0 Å². The summed E-state index contributed by atoms with van der Waals surface area (Å²) in [7, 11) is 0. The zero-order chi connectivity index (χ0) is 15.5. The number of hydrogen-bond acceptors (Lipinski definition) is 2. The first-order valence-corrected chi connectivity index (χ1v) is 9.58. The van der Waals surface area contributed by atoms with Crippen LogP contribution in [-0.4, -0.2) is 23.4 Å². The minimum Gasteiger partial charge on any atom is -0.393 e. The topological polar surface area (TPSA) is 32.8 Å². The second-order valence-electron chi connectivity index (χ2n) is 10.6. The molecule has 22 heavy (non-hydrogen) atoms. The van der Waals surface area contributed by atoms with Crippen molar-refractivity contribution in [1.29, 1.82) is 0 Å². The molecule has 5 rings (SSSR count). The van der Waals surface area contributed by atoms with Crippen molar-refractivity contribution in [2.75, 3.05) is 0 Å². The largest absolute Gasteiger partial charge is 0.393 e. The third-order valence-electron chi connectivity index (χ3n) is 9.38. The van der Waals surface area contributed by atoms with E-state index in [1.807, 2.05) is 0 Å². The number of rotatable bonds is 0. The van der Waals surface area contributed by atoms with E-state index in [1.165, 1.54) is 38.5 Å². The van der Waals surface area contributed by atoms with Gasteiger partial charge in [0.2, 0.25) is 0 Å². The maximum atomic E-state index is 10.6. The molecule has 0 aromatic rings. The smallest absolute Gasteiger partial charge is 0.0906 e. The summed E-state index contributed by atoms with van der Waals surface area (Å²) in [6.45, 7) is 9.73. The lowest BCUT2D eigenvalue weighted by Crippen LogP contribution is -2.60. The van der Waals surface area contributed by atoms with Crippen molar-refractivity contribution < 1.29 is 9.84 Å². The van der Waals surface area contributed by atoms with E-state index in [4.69, 9.17) is 4.74 Å². The lowest BCUT2D eigenvalue weighted by molar-refractivity contribution is -0.197. The van der Waals surface area contributed by atoms with Gasteiger partial charge in [-0.05, 0) is 73.0 Å². The van der Waals surface area contributed by atoms with Crippen LogP contribution < -0.4 is 0 Å². The summed E-state index contributed by atoms with van der Waals surface area (Å²) >= 11 is 0. The van der Waals surface area contributed by atoms with Crippen LogP contribution in [0, 0.1) is 33.5 Å². The molecule has 5 aliphatic rings. The summed E-state index contributed by atoms with van der Waals surface area (Å²) in [5.41, 5.74) is 1.47. The molecule has 1 heterocycles. The fraction of sp³-hybridized carbons (Fsp3) is 1.00. The highest BCUT2D eigenvalue weighted by Crippen LogP contribution is 2.77. The van der Waals surface area contributed by atoms with Gasteiger partial charge in [0, 0.05) is 5.41 Å². The van der Waals surface area contributed by atoms with E-state index in [0.717, 1.165) is 12.3 Å². The Bertz CT molecular complexity index is 528. The van der Waals surface area contributed by atoms with Crippen LogP contribution in [0.25, 0.3) is 0 Å². The Balaban J connectivity index is 1.57. The van der Waals surface area contributed by atoms with Crippen LogP contribution in [0.5, 0.6) is 0 Å². The molecule has 1 saturated heterocycles. The van der Waals surface area contributed by atoms with E-state index in [9.17, 15) is 5.11 Å². The highest BCUT2D eigenvalue weighted by Gasteiger charge is 2.77. The van der Waals surface area contributed by atoms with Crippen molar-refractivity contribution in [3.8, 4) is 0 Å². The van der Waals surface area contributed by atoms with Crippen LogP contribution in [0.15, 0.2) is 0 Å². The molecule has 1 N–H and O–H groups in total. The van der Waals surface area contributed by atoms with Gasteiger partial charge >= 0.3 is 0 Å². The summed E-state index contributed by atoms with van der Waals surface area (Å²) < 4.78 is 6.23. The maximum absolute atomic E-state index is 10.6. The monoisotopic (exact) mass is 304 g/mol. The van der Waals surface area contributed by atoms with Crippen molar-refractivity contribution in [2.45, 2.75) is 91.0 Å². The Kier molecular flexibility index (Phi) is 2.45. The van der Waals surface area contributed by atoms with E-state index in [-0.39, 0.29) is 11.5 Å². The number of ether oxygens (including phenoxy) is 1. The van der Waals surface area contributed by atoms with Crippen molar-refractivity contribution in [2.24, 2.45) is 33.5 Å². The maximum Gasteiger partial charge on any atom is 0.0906 e. The Morgan fingerprint density at radius 2 is 1.59 bits per heavy atom. The van der Waals surface area contributed by atoms with Gasteiger partial charge in [0.05, 0.1) is 18.3 Å². The molecule has 0 amide bonds. The van der Waals surface area contributed by atoms with Gasteiger partial charge in [0.15, 0.2) is 0 Å². The molecule has 2 bridgehead atoms. The highest BCUT2D eigenvalue weighted by atomic mass is 16.6. The van der Waals surface area contributed by atoms with Gasteiger partial charge < -0.3 is 9.84 Å². The number of hydrogen-bond donors (Lipinski definition) is 1. The predicted octanol–water partition coefficient (Wildman–Crippen LogP) is 4.16.